The van der Waals surface area contributed by atoms with Gasteiger partial charge in [-0.05, 0) is 46.5 Å². The predicted molar refractivity (Wildman–Crippen MR) is 213 cm³/mol. The number of benzene rings is 7. The minimum Gasteiger partial charge on any atom is -0.208 e. The van der Waals surface area contributed by atoms with Crippen molar-refractivity contribution in [1.82, 2.24) is 15.0 Å². The van der Waals surface area contributed by atoms with E-state index in [9.17, 15) is 4.11 Å². The van der Waals surface area contributed by atoms with E-state index in [-0.39, 0.29) is 53.0 Å². The molecule has 10 aromatic rings. The molecule has 3 heterocycles. The van der Waals surface area contributed by atoms with Crippen molar-refractivity contribution in [1.29, 1.82) is 0 Å². The van der Waals surface area contributed by atoms with E-state index in [1.165, 1.54) is 11.3 Å². The number of thiophene rings is 2. The fraction of sp³-hybridized carbons (Fsp3) is 0. The molecule has 0 saturated carbocycles. The van der Waals surface area contributed by atoms with E-state index in [1.807, 2.05) is 115 Å². The minimum absolute atomic E-state index is 0.0551. The summed E-state index contributed by atoms with van der Waals surface area (Å²) >= 11 is 2.90. The summed E-state index contributed by atoms with van der Waals surface area (Å²) in [5, 5.41) is 2.68. The van der Waals surface area contributed by atoms with Gasteiger partial charge in [0.05, 0.1) is 8.22 Å². The van der Waals surface area contributed by atoms with Gasteiger partial charge in [-0.15, -0.1) is 22.7 Å². The maximum atomic E-state index is 9.60. The molecule has 0 N–H and O–H groups in total. The molecule has 3 nitrogen and oxygen atoms in total. The van der Waals surface area contributed by atoms with Crippen LogP contribution in [-0.2, 0) is 0 Å². The largest absolute Gasteiger partial charge is 0.208 e. The number of nitrogens with zero attached hydrogens (tertiary/aromatic N) is 3. The summed E-state index contributed by atoms with van der Waals surface area (Å²) in [6.07, 6.45) is 0. The van der Waals surface area contributed by atoms with Gasteiger partial charge in [0.1, 0.15) is 0 Å². The van der Waals surface area contributed by atoms with Crippen molar-refractivity contribution in [2.24, 2.45) is 0 Å². The third-order valence-electron chi connectivity index (χ3n) is 8.87. The van der Waals surface area contributed by atoms with Crippen LogP contribution in [0.1, 0.15) is 8.22 Å². The Morgan fingerprint density at radius 1 is 0.400 bits per heavy atom. The van der Waals surface area contributed by atoms with E-state index in [0.717, 1.165) is 42.4 Å². The highest BCUT2D eigenvalue weighted by molar-refractivity contribution is 7.26. The third-order valence-corrected chi connectivity index (χ3v) is 11.1. The van der Waals surface area contributed by atoms with Crippen LogP contribution < -0.4 is 0 Å². The Hall–Kier alpha value is -6.01. The van der Waals surface area contributed by atoms with Crippen LogP contribution >= 0.6 is 22.7 Å². The molecule has 50 heavy (non-hydrogen) atoms. The Bertz CT molecular complexity index is 3200. The molecule has 0 spiro atoms. The van der Waals surface area contributed by atoms with E-state index in [4.69, 9.17) is 19.1 Å². The summed E-state index contributed by atoms with van der Waals surface area (Å²) in [6, 6.07) is 40.5. The molecular formula is C45H27N3S2. The Balaban J connectivity index is 1.20. The van der Waals surface area contributed by atoms with Crippen molar-refractivity contribution in [3.05, 3.63) is 164 Å². The van der Waals surface area contributed by atoms with Crippen molar-refractivity contribution in [3.8, 4) is 56.4 Å². The highest BCUT2D eigenvalue weighted by Crippen LogP contribution is 2.43. The molecule has 10 rings (SSSR count). The molecule has 0 aliphatic carbocycles. The van der Waals surface area contributed by atoms with Gasteiger partial charge in [0, 0.05) is 57.0 Å². The number of aromatic nitrogens is 3. The second-order valence-electron chi connectivity index (χ2n) is 11.9. The van der Waals surface area contributed by atoms with Gasteiger partial charge in [0.25, 0.3) is 0 Å². The molecular weight excluding hydrogens is 647 g/mol. The Morgan fingerprint density at radius 2 is 1.00 bits per heavy atom. The smallest absolute Gasteiger partial charge is 0.164 e. The summed E-state index contributed by atoms with van der Waals surface area (Å²) in [5.41, 5.74) is 4.83. The fourth-order valence-corrected chi connectivity index (χ4v) is 8.61. The molecule has 234 valence electrons. The number of fused-ring (bicyclic) bond motifs is 6. The lowest BCUT2D eigenvalue weighted by molar-refractivity contribution is 1.07. The maximum absolute atomic E-state index is 9.60. The van der Waals surface area contributed by atoms with Crippen LogP contribution in [0.4, 0.5) is 0 Å². The molecule has 0 radical (unpaired) electrons. The van der Waals surface area contributed by atoms with Crippen molar-refractivity contribution < 1.29 is 8.22 Å². The summed E-state index contributed by atoms with van der Waals surface area (Å²) < 4.78 is 58.5. The highest BCUT2D eigenvalue weighted by atomic mass is 32.1. The van der Waals surface area contributed by atoms with Gasteiger partial charge in [0.15, 0.2) is 17.5 Å². The monoisotopic (exact) mass is 679 g/mol. The maximum Gasteiger partial charge on any atom is 0.164 e. The lowest BCUT2D eigenvalue weighted by atomic mass is 10.0. The van der Waals surface area contributed by atoms with Gasteiger partial charge in [-0.3, -0.25) is 0 Å². The standard InChI is InChI=1S/C45H27N3S2/c1-3-10-28(11-4-1)29-18-20-31(21-19-29)44-46-43(30-12-5-2-6-13-30)47-45(48-44)33-22-24-36-37-16-9-15-34(42(37)50-41(36)27-33)32-23-25-40-38(26-32)35-14-7-8-17-39(35)49-40/h1-27H/i9D,15D,16D,22D,24D,27D. The number of rotatable bonds is 5. The molecule has 7 aromatic carbocycles. The second kappa shape index (κ2) is 11.8. The van der Waals surface area contributed by atoms with Crippen LogP contribution in [0.25, 0.3) is 96.8 Å². The van der Waals surface area contributed by atoms with E-state index in [2.05, 4.69) is 12.1 Å². The Morgan fingerprint density at radius 3 is 1.78 bits per heavy atom. The number of hydrogen-bond acceptors (Lipinski definition) is 5. The number of hydrogen-bond donors (Lipinski definition) is 0. The van der Waals surface area contributed by atoms with Gasteiger partial charge in [0.2, 0.25) is 0 Å². The molecule has 0 saturated heterocycles. The Kier molecular flexibility index (Phi) is 5.54. The molecule has 3 aromatic heterocycles. The van der Waals surface area contributed by atoms with Crippen LogP contribution in [-0.4, -0.2) is 15.0 Å². The predicted octanol–water partition coefficient (Wildman–Crippen LogP) is 12.9. The lowest BCUT2D eigenvalue weighted by Crippen LogP contribution is -2.00. The normalized spacial score (nSPS) is 13.3. The molecule has 0 fully saturated rings. The highest BCUT2D eigenvalue weighted by Gasteiger charge is 2.16. The summed E-state index contributed by atoms with van der Waals surface area (Å²) in [5.74, 6) is 0.816. The van der Waals surface area contributed by atoms with Crippen LogP contribution in [0.2, 0.25) is 0 Å². The molecule has 0 atom stereocenters. The van der Waals surface area contributed by atoms with Gasteiger partial charge in [-0.2, -0.15) is 0 Å². The zero-order valence-electron chi connectivity index (χ0n) is 32.3. The third kappa shape index (κ3) is 4.98. The molecule has 0 amide bonds. The van der Waals surface area contributed by atoms with Gasteiger partial charge < -0.3 is 0 Å². The molecule has 0 bridgehead atoms. The van der Waals surface area contributed by atoms with Crippen molar-refractivity contribution in [2.45, 2.75) is 0 Å². The molecule has 0 aliphatic rings. The quantitative estimate of drug-likeness (QED) is 0.182. The SMILES string of the molecule is [2H]c1c([2H])c([2H])c2c(sc3c([2H])c(-c4nc(-c5ccccc5)nc(-c5ccc(-c6ccccc6)cc5)n4)c([2H])c([2H])c32)c1-c1ccc2sc3ccccc3c2c1. The fourth-order valence-electron chi connectivity index (χ4n) is 6.39. The zero-order valence-corrected chi connectivity index (χ0v) is 27.9. The van der Waals surface area contributed by atoms with Crippen molar-refractivity contribution in [3.63, 3.8) is 0 Å². The first-order valence-electron chi connectivity index (χ1n) is 19.1. The van der Waals surface area contributed by atoms with E-state index < -0.39 is 0 Å². The lowest BCUT2D eigenvalue weighted by Gasteiger charge is -2.09. The summed E-state index contributed by atoms with van der Waals surface area (Å²) in [6.45, 7) is 0. The van der Waals surface area contributed by atoms with Gasteiger partial charge in [-0.25, -0.2) is 15.0 Å². The first-order valence-corrected chi connectivity index (χ1v) is 17.7. The molecule has 0 unspecified atom stereocenters. The average molecular weight is 680 g/mol. The first kappa shape index (κ1) is 23.4. The van der Waals surface area contributed by atoms with Crippen molar-refractivity contribution in [2.75, 3.05) is 0 Å². The zero-order chi connectivity index (χ0) is 38.2. The van der Waals surface area contributed by atoms with Gasteiger partial charge in [-0.1, -0.05) is 139 Å². The Labute approximate surface area is 305 Å². The minimum atomic E-state index is -0.267. The van der Waals surface area contributed by atoms with E-state index >= 15 is 0 Å². The van der Waals surface area contributed by atoms with Crippen LogP contribution in [0, 0.1) is 0 Å². The first-order chi connectivity index (χ1) is 27.3. The van der Waals surface area contributed by atoms with Crippen LogP contribution in [0.5, 0.6) is 0 Å². The van der Waals surface area contributed by atoms with E-state index in [0.29, 0.717) is 37.6 Å². The van der Waals surface area contributed by atoms with Crippen LogP contribution in [0.3, 0.4) is 0 Å². The topological polar surface area (TPSA) is 38.7 Å². The average Bonchev–Trinajstić information content (AvgIpc) is 3.82. The second-order valence-corrected chi connectivity index (χ2v) is 14.0. The van der Waals surface area contributed by atoms with Crippen molar-refractivity contribution >= 4 is 63.0 Å². The van der Waals surface area contributed by atoms with E-state index in [1.54, 1.807) is 11.3 Å². The van der Waals surface area contributed by atoms with Gasteiger partial charge >= 0.3 is 0 Å². The molecule has 5 heteroatoms. The summed E-state index contributed by atoms with van der Waals surface area (Å²) in [4.78, 5) is 14.5. The summed E-state index contributed by atoms with van der Waals surface area (Å²) in [7, 11) is 0. The van der Waals surface area contributed by atoms with Crippen LogP contribution in [0.15, 0.2) is 164 Å². The molecule has 0 aliphatic heterocycles.